The normalized spacial score (nSPS) is 15.6. The molecule has 0 unspecified atom stereocenters. The van der Waals surface area contributed by atoms with Crippen LogP contribution in [0.15, 0.2) is 35.5 Å². The number of amides is 2. The smallest absolute Gasteiger partial charge is 0.323 e. The van der Waals surface area contributed by atoms with Crippen LogP contribution >= 0.6 is 0 Å². The van der Waals surface area contributed by atoms with Gasteiger partial charge in [0.1, 0.15) is 0 Å². The average Bonchev–Trinajstić information content (AvgIpc) is 2.65. The highest BCUT2D eigenvalue weighted by atomic mass is 16.2. The van der Waals surface area contributed by atoms with Crippen molar-refractivity contribution in [1.82, 2.24) is 9.80 Å². The number of aliphatic imine (C=N–C) groups is 1. The van der Waals surface area contributed by atoms with Crippen LogP contribution in [-0.2, 0) is 0 Å². The number of carbonyl (C=O) groups is 2. The van der Waals surface area contributed by atoms with Gasteiger partial charge < -0.3 is 9.80 Å². The third-order valence-electron chi connectivity index (χ3n) is 4.78. The van der Waals surface area contributed by atoms with Gasteiger partial charge in [-0.2, -0.15) is 0 Å². The number of hydrogen-bond acceptors (Lipinski definition) is 3. The van der Waals surface area contributed by atoms with Crippen molar-refractivity contribution < 1.29 is 9.59 Å². The summed E-state index contributed by atoms with van der Waals surface area (Å²) in [4.78, 5) is 31.7. The van der Waals surface area contributed by atoms with E-state index in [2.05, 4.69) is 11.7 Å². The van der Waals surface area contributed by atoms with Crippen LogP contribution in [0.1, 0.15) is 54.9 Å². The quantitative estimate of drug-likeness (QED) is 0.595. The zero-order chi connectivity index (χ0) is 18.4. The highest BCUT2D eigenvalue weighted by Gasteiger charge is 2.24. The lowest BCUT2D eigenvalue weighted by Gasteiger charge is -2.33. The van der Waals surface area contributed by atoms with E-state index in [9.17, 15) is 9.59 Å². The second-order valence-corrected chi connectivity index (χ2v) is 6.61. The molecular formula is C20H27N3O2. The molecule has 0 heterocycles. The lowest BCUT2D eigenvalue weighted by molar-refractivity contribution is 0.101. The summed E-state index contributed by atoms with van der Waals surface area (Å²) in [6, 6.07) is 7.44. The highest BCUT2D eigenvalue weighted by molar-refractivity contribution is 5.95. The summed E-state index contributed by atoms with van der Waals surface area (Å²) < 4.78 is 0. The lowest BCUT2D eigenvalue weighted by Crippen LogP contribution is -2.43. The van der Waals surface area contributed by atoms with E-state index in [1.807, 2.05) is 18.0 Å². The summed E-state index contributed by atoms with van der Waals surface area (Å²) in [7, 11) is 3.59. The third-order valence-corrected chi connectivity index (χ3v) is 4.78. The third kappa shape index (κ3) is 4.78. The maximum Gasteiger partial charge on any atom is 0.323 e. The molecule has 0 saturated heterocycles. The Morgan fingerprint density at radius 2 is 1.80 bits per heavy atom. The predicted molar refractivity (Wildman–Crippen MR) is 102 cm³/mol. The zero-order valence-electron chi connectivity index (χ0n) is 15.4. The lowest BCUT2D eigenvalue weighted by atomic mass is 9.95. The minimum atomic E-state index is -0.0595. The predicted octanol–water partition coefficient (Wildman–Crippen LogP) is 4.20. The molecule has 1 aliphatic rings. The van der Waals surface area contributed by atoms with Gasteiger partial charge in [-0.25, -0.2) is 4.79 Å². The van der Waals surface area contributed by atoms with Crippen LogP contribution in [0.25, 0.3) is 5.70 Å². The van der Waals surface area contributed by atoms with Gasteiger partial charge in [-0.05, 0) is 32.5 Å². The molecule has 2 amide bonds. The maximum absolute atomic E-state index is 12.7. The fraction of sp³-hybridized carbons (Fsp3) is 0.450. The molecule has 1 aromatic rings. The van der Waals surface area contributed by atoms with E-state index in [0.29, 0.717) is 17.3 Å². The van der Waals surface area contributed by atoms with Gasteiger partial charge >= 0.3 is 6.03 Å². The van der Waals surface area contributed by atoms with Crippen molar-refractivity contribution in [3.63, 3.8) is 0 Å². The summed E-state index contributed by atoms with van der Waals surface area (Å²) in [6.45, 7) is 5.13. The molecular weight excluding hydrogens is 314 g/mol. The van der Waals surface area contributed by atoms with Crippen LogP contribution < -0.4 is 0 Å². The summed E-state index contributed by atoms with van der Waals surface area (Å²) in [5, 5.41) is 0. The molecule has 0 spiro atoms. The molecule has 1 fully saturated rings. The number of urea groups is 1. The molecule has 0 bridgehead atoms. The molecule has 1 aromatic carbocycles. The molecule has 134 valence electrons. The Kier molecular flexibility index (Phi) is 6.51. The number of nitrogens with zero attached hydrogens (tertiary/aromatic N) is 3. The summed E-state index contributed by atoms with van der Waals surface area (Å²) in [5.41, 5.74) is 1.94. The number of carbonyl (C=O) groups excluding carboxylic acids is 2. The fourth-order valence-corrected chi connectivity index (χ4v) is 3.22. The Hall–Kier alpha value is -2.43. The van der Waals surface area contributed by atoms with Gasteiger partial charge in [-0.1, -0.05) is 37.5 Å². The Bertz CT molecular complexity index is 675. The number of benzene rings is 1. The molecule has 0 radical (unpaired) electrons. The first kappa shape index (κ1) is 18.9. The van der Waals surface area contributed by atoms with E-state index < -0.39 is 0 Å². The van der Waals surface area contributed by atoms with Crippen molar-refractivity contribution in [1.29, 1.82) is 0 Å². The summed E-state index contributed by atoms with van der Waals surface area (Å²) >= 11 is 0. The van der Waals surface area contributed by atoms with Gasteiger partial charge in [0.25, 0.3) is 0 Å². The summed E-state index contributed by atoms with van der Waals surface area (Å²) in [6.07, 6.45) is 7.41. The highest BCUT2D eigenvalue weighted by Crippen LogP contribution is 2.23. The number of Topliss-reactive ketones (excluding diaryl/α,β-unsaturated/α-hetero) is 1. The van der Waals surface area contributed by atoms with Gasteiger partial charge in [0.2, 0.25) is 0 Å². The van der Waals surface area contributed by atoms with Crippen molar-refractivity contribution >= 4 is 24.2 Å². The van der Waals surface area contributed by atoms with Crippen LogP contribution in [0, 0.1) is 0 Å². The largest absolute Gasteiger partial charge is 0.324 e. The Balaban J connectivity index is 2.17. The second-order valence-electron chi connectivity index (χ2n) is 6.61. The van der Waals surface area contributed by atoms with E-state index in [1.165, 1.54) is 26.2 Å². The number of hydrogen-bond donors (Lipinski definition) is 0. The van der Waals surface area contributed by atoms with Crippen LogP contribution in [0.4, 0.5) is 4.79 Å². The molecule has 5 heteroatoms. The molecule has 2 rings (SSSR count). The second kappa shape index (κ2) is 8.60. The molecule has 0 aromatic heterocycles. The van der Waals surface area contributed by atoms with Crippen LogP contribution in [0.2, 0.25) is 0 Å². The molecule has 0 atom stereocenters. The van der Waals surface area contributed by atoms with Crippen LogP contribution in [0.5, 0.6) is 0 Å². The minimum absolute atomic E-state index is 0.00766. The van der Waals surface area contributed by atoms with Crippen molar-refractivity contribution in [3.05, 3.63) is 41.6 Å². The van der Waals surface area contributed by atoms with E-state index in [-0.39, 0.29) is 11.8 Å². The van der Waals surface area contributed by atoms with E-state index in [4.69, 9.17) is 0 Å². The van der Waals surface area contributed by atoms with Gasteiger partial charge in [0.15, 0.2) is 5.78 Å². The van der Waals surface area contributed by atoms with E-state index in [1.54, 1.807) is 36.3 Å². The van der Waals surface area contributed by atoms with Gasteiger partial charge in [0, 0.05) is 37.5 Å². The molecule has 0 N–H and O–H groups in total. The summed E-state index contributed by atoms with van der Waals surface area (Å²) in [5.74, 6) is -0.00766. The van der Waals surface area contributed by atoms with Crippen molar-refractivity contribution in [2.45, 2.75) is 45.1 Å². The SMILES string of the molecule is C=NC(=CN(C)C(=O)N(C)C1CCCCC1)c1cccc(C(C)=O)c1. The maximum atomic E-state index is 12.7. The van der Waals surface area contributed by atoms with Crippen molar-refractivity contribution in [2.75, 3.05) is 14.1 Å². The van der Waals surface area contributed by atoms with Gasteiger partial charge in [-0.15, -0.1) is 0 Å². The van der Waals surface area contributed by atoms with Crippen molar-refractivity contribution in [3.8, 4) is 0 Å². The molecule has 5 nitrogen and oxygen atoms in total. The fourth-order valence-electron chi connectivity index (χ4n) is 3.22. The van der Waals surface area contributed by atoms with Crippen LogP contribution in [0.3, 0.4) is 0 Å². The first-order valence-electron chi connectivity index (χ1n) is 8.73. The first-order chi connectivity index (χ1) is 11.9. The molecule has 0 aliphatic heterocycles. The van der Waals surface area contributed by atoms with E-state index >= 15 is 0 Å². The van der Waals surface area contributed by atoms with Crippen molar-refractivity contribution in [2.24, 2.45) is 4.99 Å². The first-order valence-corrected chi connectivity index (χ1v) is 8.73. The zero-order valence-corrected chi connectivity index (χ0v) is 15.4. The van der Waals surface area contributed by atoms with Crippen LogP contribution in [-0.4, -0.2) is 48.5 Å². The molecule has 1 saturated carbocycles. The number of rotatable bonds is 5. The molecule has 1 aliphatic carbocycles. The minimum Gasteiger partial charge on any atom is -0.324 e. The van der Waals surface area contributed by atoms with Gasteiger partial charge in [-0.3, -0.25) is 9.79 Å². The Morgan fingerprint density at radius 1 is 1.16 bits per heavy atom. The van der Waals surface area contributed by atoms with Gasteiger partial charge in [0.05, 0.1) is 5.70 Å². The average molecular weight is 341 g/mol. The Labute approximate surface area is 150 Å². The topological polar surface area (TPSA) is 53.0 Å². The van der Waals surface area contributed by atoms with E-state index in [0.717, 1.165) is 18.4 Å². The molecule has 25 heavy (non-hydrogen) atoms. The standard InChI is InChI=1S/C20H27N3O2/c1-15(24)16-9-8-10-17(13-16)19(21-2)14-22(3)20(25)23(4)18-11-6-5-7-12-18/h8-10,13-14,18H,2,5-7,11-12H2,1,3-4H3. The monoisotopic (exact) mass is 341 g/mol. The number of ketones is 1. The Morgan fingerprint density at radius 3 is 2.40 bits per heavy atom.